The first-order valence-corrected chi connectivity index (χ1v) is 8.76. The van der Waals surface area contributed by atoms with E-state index in [0.29, 0.717) is 11.3 Å². The topological polar surface area (TPSA) is 46.2 Å². The molecule has 1 amide bonds. The van der Waals surface area contributed by atoms with Crippen molar-refractivity contribution in [3.8, 4) is 0 Å². The Morgan fingerprint density at radius 3 is 2.52 bits per heavy atom. The highest BCUT2D eigenvalue weighted by molar-refractivity contribution is 8.00. The molecule has 118 valence electrons. The summed E-state index contributed by atoms with van der Waals surface area (Å²) < 4.78 is 0. The lowest BCUT2D eigenvalue weighted by Gasteiger charge is -2.07. The third kappa shape index (κ3) is 4.02. The van der Waals surface area contributed by atoms with Gasteiger partial charge in [0.15, 0.2) is 5.78 Å². The molecule has 4 heteroatoms. The number of amides is 1. The highest BCUT2D eigenvalue weighted by Crippen LogP contribution is 2.27. The Kier molecular flexibility index (Phi) is 4.82. The van der Waals surface area contributed by atoms with Crippen molar-refractivity contribution in [2.45, 2.75) is 31.1 Å². The lowest BCUT2D eigenvalue weighted by atomic mass is 10.1. The van der Waals surface area contributed by atoms with Crippen LogP contribution in [0.15, 0.2) is 47.4 Å². The summed E-state index contributed by atoms with van der Waals surface area (Å²) in [7, 11) is 0. The van der Waals surface area contributed by atoms with Crippen LogP contribution in [0.4, 0.5) is 5.69 Å². The minimum Gasteiger partial charge on any atom is -0.325 e. The number of rotatable bonds is 5. The first kappa shape index (κ1) is 15.8. The maximum atomic E-state index is 12.0. The van der Waals surface area contributed by atoms with Crippen LogP contribution in [0.3, 0.4) is 0 Å². The van der Waals surface area contributed by atoms with Crippen molar-refractivity contribution in [2.24, 2.45) is 0 Å². The number of Topliss-reactive ketones (excluding diaryl/α,β-unsaturated/α-hetero) is 1. The molecule has 0 fully saturated rings. The van der Waals surface area contributed by atoms with Crippen molar-refractivity contribution in [3.05, 3.63) is 59.2 Å². The van der Waals surface area contributed by atoms with Crippen LogP contribution >= 0.6 is 11.8 Å². The average Bonchev–Trinajstić information content (AvgIpc) is 3.01. The first-order valence-electron chi connectivity index (χ1n) is 7.77. The number of aryl methyl sites for hydroxylation is 2. The van der Waals surface area contributed by atoms with Gasteiger partial charge in [0.1, 0.15) is 0 Å². The van der Waals surface area contributed by atoms with Crippen LogP contribution in [-0.4, -0.2) is 17.4 Å². The molecule has 3 rings (SSSR count). The number of fused-ring (bicyclic) bond motifs is 1. The predicted molar refractivity (Wildman–Crippen MR) is 94.3 cm³/mol. The molecule has 0 aromatic heterocycles. The Bertz CT molecular complexity index is 738. The van der Waals surface area contributed by atoms with Crippen LogP contribution in [0.25, 0.3) is 0 Å². The molecule has 0 atom stereocenters. The second-order valence-corrected chi connectivity index (χ2v) is 6.80. The summed E-state index contributed by atoms with van der Waals surface area (Å²) in [5.41, 5.74) is 4.24. The zero-order chi connectivity index (χ0) is 16.2. The Morgan fingerprint density at radius 2 is 1.78 bits per heavy atom. The van der Waals surface area contributed by atoms with Crippen LogP contribution in [0, 0.1) is 0 Å². The number of hydrogen-bond donors (Lipinski definition) is 1. The zero-order valence-electron chi connectivity index (χ0n) is 13.1. The van der Waals surface area contributed by atoms with Gasteiger partial charge in [-0.1, -0.05) is 6.07 Å². The van der Waals surface area contributed by atoms with Gasteiger partial charge in [0.2, 0.25) is 5.91 Å². The van der Waals surface area contributed by atoms with E-state index in [1.165, 1.54) is 30.9 Å². The van der Waals surface area contributed by atoms with E-state index in [9.17, 15) is 9.59 Å². The summed E-state index contributed by atoms with van der Waals surface area (Å²) in [4.78, 5) is 24.4. The number of ketones is 1. The van der Waals surface area contributed by atoms with E-state index < -0.39 is 0 Å². The molecule has 1 aliphatic rings. The lowest BCUT2D eigenvalue weighted by molar-refractivity contribution is -0.113. The fourth-order valence-corrected chi connectivity index (χ4v) is 3.53. The Morgan fingerprint density at radius 1 is 1.04 bits per heavy atom. The molecule has 1 aliphatic carbocycles. The number of carbonyl (C=O) groups excluding carboxylic acids is 2. The molecule has 2 aromatic carbocycles. The number of hydrogen-bond acceptors (Lipinski definition) is 3. The molecule has 0 unspecified atom stereocenters. The van der Waals surface area contributed by atoms with Gasteiger partial charge in [0.25, 0.3) is 0 Å². The minimum absolute atomic E-state index is 0.0232. The van der Waals surface area contributed by atoms with Crippen LogP contribution in [-0.2, 0) is 17.6 Å². The molecule has 0 radical (unpaired) electrons. The average molecular weight is 325 g/mol. The van der Waals surface area contributed by atoms with E-state index in [1.54, 1.807) is 36.0 Å². The van der Waals surface area contributed by atoms with E-state index in [4.69, 9.17) is 0 Å². The second-order valence-electron chi connectivity index (χ2n) is 5.75. The predicted octanol–water partition coefficient (Wildman–Crippen LogP) is 4.11. The highest BCUT2D eigenvalue weighted by Gasteiger charge is 2.11. The molecule has 1 N–H and O–H groups in total. The quantitative estimate of drug-likeness (QED) is 0.665. The number of carbonyl (C=O) groups is 2. The largest absolute Gasteiger partial charge is 0.325 e. The normalized spacial score (nSPS) is 12.7. The fourth-order valence-electron chi connectivity index (χ4n) is 2.77. The van der Waals surface area contributed by atoms with Gasteiger partial charge in [-0.05, 0) is 73.7 Å². The fraction of sp³-hybridized carbons (Fsp3) is 0.263. The van der Waals surface area contributed by atoms with E-state index >= 15 is 0 Å². The van der Waals surface area contributed by atoms with Crippen molar-refractivity contribution >= 4 is 29.1 Å². The molecule has 23 heavy (non-hydrogen) atoms. The van der Waals surface area contributed by atoms with Crippen LogP contribution < -0.4 is 5.32 Å². The van der Waals surface area contributed by atoms with E-state index in [2.05, 4.69) is 23.5 Å². The van der Waals surface area contributed by atoms with Gasteiger partial charge in [0, 0.05) is 16.1 Å². The molecular formula is C19H19NO2S. The van der Waals surface area contributed by atoms with E-state index in [-0.39, 0.29) is 11.7 Å². The monoisotopic (exact) mass is 325 g/mol. The van der Waals surface area contributed by atoms with Crippen molar-refractivity contribution in [3.63, 3.8) is 0 Å². The Labute approximate surface area is 140 Å². The van der Waals surface area contributed by atoms with Gasteiger partial charge in [-0.3, -0.25) is 9.59 Å². The van der Waals surface area contributed by atoms with Gasteiger partial charge in [-0.15, -0.1) is 11.8 Å². The minimum atomic E-state index is -0.0360. The van der Waals surface area contributed by atoms with Gasteiger partial charge >= 0.3 is 0 Å². The number of thioether (sulfide) groups is 1. The molecular weight excluding hydrogens is 306 g/mol. The summed E-state index contributed by atoms with van der Waals surface area (Å²) in [6, 6.07) is 13.5. The number of nitrogens with one attached hydrogen (secondary N) is 1. The highest BCUT2D eigenvalue weighted by atomic mass is 32.2. The van der Waals surface area contributed by atoms with Gasteiger partial charge in [-0.25, -0.2) is 0 Å². The maximum Gasteiger partial charge on any atom is 0.234 e. The molecule has 0 saturated carbocycles. The van der Waals surface area contributed by atoms with Crippen molar-refractivity contribution in [1.82, 2.24) is 0 Å². The third-order valence-corrected chi connectivity index (χ3v) is 5.01. The molecule has 0 aliphatic heterocycles. The van der Waals surface area contributed by atoms with Crippen molar-refractivity contribution < 1.29 is 9.59 Å². The van der Waals surface area contributed by atoms with Crippen LogP contribution in [0.2, 0.25) is 0 Å². The third-order valence-electron chi connectivity index (χ3n) is 4.02. The van der Waals surface area contributed by atoms with Gasteiger partial charge in [-0.2, -0.15) is 0 Å². The molecule has 2 aromatic rings. The number of anilines is 1. The van der Waals surface area contributed by atoms with Crippen LogP contribution in [0.1, 0.15) is 34.8 Å². The summed E-state index contributed by atoms with van der Waals surface area (Å²) in [6.45, 7) is 1.53. The zero-order valence-corrected chi connectivity index (χ0v) is 13.9. The van der Waals surface area contributed by atoms with E-state index in [1.807, 2.05) is 0 Å². The second kappa shape index (κ2) is 7.01. The summed E-state index contributed by atoms with van der Waals surface area (Å²) in [6.07, 6.45) is 3.57. The van der Waals surface area contributed by atoms with Crippen molar-refractivity contribution in [1.29, 1.82) is 0 Å². The SMILES string of the molecule is CC(=O)c1ccc(NC(=O)CSc2ccc3c(c2)CCC3)cc1. The standard InChI is InChI=1S/C19H19NO2S/c1-13(21)14-5-8-17(9-6-14)20-19(22)12-23-18-10-7-15-3-2-4-16(15)11-18/h5-11H,2-4,12H2,1H3,(H,20,22). The maximum absolute atomic E-state index is 12.0. The summed E-state index contributed by atoms with van der Waals surface area (Å²) in [5.74, 6) is 0.369. The van der Waals surface area contributed by atoms with Crippen molar-refractivity contribution in [2.75, 3.05) is 11.1 Å². The Hall–Kier alpha value is -2.07. The first-order chi connectivity index (χ1) is 11.1. The number of benzene rings is 2. The van der Waals surface area contributed by atoms with Gasteiger partial charge < -0.3 is 5.32 Å². The van der Waals surface area contributed by atoms with E-state index in [0.717, 1.165) is 17.0 Å². The Balaban J connectivity index is 1.54. The molecule has 0 bridgehead atoms. The smallest absolute Gasteiger partial charge is 0.234 e. The summed E-state index contributed by atoms with van der Waals surface area (Å²) >= 11 is 1.56. The molecule has 0 heterocycles. The lowest BCUT2D eigenvalue weighted by Crippen LogP contribution is -2.14. The van der Waals surface area contributed by atoms with Crippen LogP contribution in [0.5, 0.6) is 0 Å². The molecule has 3 nitrogen and oxygen atoms in total. The molecule has 0 saturated heterocycles. The van der Waals surface area contributed by atoms with Gasteiger partial charge in [0.05, 0.1) is 5.75 Å². The summed E-state index contributed by atoms with van der Waals surface area (Å²) in [5, 5.41) is 2.86. The molecule has 0 spiro atoms.